The van der Waals surface area contributed by atoms with Crippen molar-refractivity contribution in [2.24, 2.45) is 0 Å². The maximum absolute atomic E-state index is 10.1. The van der Waals surface area contributed by atoms with E-state index in [0.29, 0.717) is 6.54 Å². The standard InChI is InChI=1S/C7H16N2O3S/c10-13(11)8-2-1-3-9-4-6-12-7-5-9/h8H,1-7H2,(H,10,11)/p-1. The summed E-state index contributed by atoms with van der Waals surface area (Å²) in [6.07, 6.45) is 0.855. The molecule has 1 saturated heterocycles. The molecule has 1 unspecified atom stereocenters. The summed E-state index contributed by atoms with van der Waals surface area (Å²) < 4.78 is 27.7. The van der Waals surface area contributed by atoms with Crippen molar-refractivity contribution in [3.05, 3.63) is 0 Å². The van der Waals surface area contributed by atoms with Crippen LogP contribution in [0.4, 0.5) is 0 Å². The van der Waals surface area contributed by atoms with Crippen LogP contribution in [0.2, 0.25) is 0 Å². The van der Waals surface area contributed by atoms with Crippen LogP contribution in [0.3, 0.4) is 0 Å². The number of hydrogen-bond acceptors (Lipinski definition) is 4. The van der Waals surface area contributed by atoms with Crippen LogP contribution in [0.1, 0.15) is 6.42 Å². The van der Waals surface area contributed by atoms with E-state index in [1.54, 1.807) is 0 Å². The lowest BCUT2D eigenvalue weighted by molar-refractivity contribution is 0.0376. The van der Waals surface area contributed by atoms with Gasteiger partial charge < -0.3 is 9.29 Å². The maximum atomic E-state index is 10.1. The Labute approximate surface area is 80.9 Å². The first-order chi connectivity index (χ1) is 6.29. The molecular formula is C7H15N2O3S-. The quantitative estimate of drug-likeness (QED) is 0.468. The Kier molecular flexibility index (Phi) is 5.49. The van der Waals surface area contributed by atoms with Crippen LogP contribution in [0.25, 0.3) is 0 Å². The van der Waals surface area contributed by atoms with Gasteiger partial charge in [-0.3, -0.25) is 9.11 Å². The lowest BCUT2D eigenvalue weighted by atomic mass is 10.3. The minimum absolute atomic E-state index is 0.521. The van der Waals surface area contributed by atoms with Crippen molar-refractivity contribution in [1.29, 1.82) is 0 Å². The second kappa shape index (κ2) is 6.44. The van der Waals surface area contributed by atoms with Gasteiger partial charge >= 0.3 is 0 Å². The number of morpholine rings is 1. The summed E-state index contributed by atoms with van der Waals surface area (Å²) in [6.45, 7) is 4.96. The molecule has 1 aliphatic heterocycles. The molecular weight excluding hydrogens is 192 g/mol. The highest BCUT2D eigenvalue weighted by molar-refractivity contribution is 7.77. The summed E-state index contributed by atoms with van der Waals surface area (Å²) in [5.41, 5.74) is 0. The number of nitrogens with one attached hydrogen (secondary N) is 1. The molecule has 0 amide bonds. The summed E-state index contributed by atoms with van der Waals surface area (Å²) in [5, 5.41) is 0. The Morgan fingerprint density at radius 2 is 2.15 bits per heavy atom. The lowest BCUT2D eigenvalue weighted by Crippen LogP contribution is -2.37. The number of rotatable bonds is 5. The summed E-state index contributed by atoms with van der Waals surface area (Å²) >= 11 is -2.12. The second-order valence-electron chi connectivity index (χ2n) is 2.94. The molecule has 0 bridgehead atoms. The Hall–Kier alpha value is -0.0100. The van der Waals surface area contributed by atoms with Crippen LogP contribution in [0, 0.1) is 0 Å². The molecule has 1 N–H and O–H groups in total. The summed E-state index contributed by atoms with van der Waals surface area (Å²) in [4.78, 5) is 2.28. The molecule has 0 aromatic heterocycles. The largest absolute Gasteiger partial charge is 0.760 e. The van der Waals surface area contributed by atoms with Gasteiger partial charge in [-0.2, -0.15) is 0 Å². The number of ether oxygens (including phenoxy) is 1. The Morgan fingerprint density at radius 1 is 1.46 bits per heavy atom. The molecule has 1 aliphatic rings. The second-order valence-corrected chi connectivity index (χ2v) is 3.69. The van der Waals surface area contributed by atoms with E-state index in [0.717, 1.165) is 39.3 Å². The lowest BCUT2D eigenvalue weighted by Gasteiger charge is -2.26. The molecule has 0 aromatic carbocycles. The summed E-state index contributed by atoms with van der Waals surface area (Å²) in [5.74, 6) is 0. The van der Waals surface area contributed by atoms with Crippen molar-refractivity contribution in [3.8, 4) is 0 Å². The monoisotopic (exact) mass is 207 g/mol. The van der Waals surface area contributed by atoms with Crippen LogP contribution >= 0.6 is 0 Å². The Morgan fingerprint density at radius 3 is 2.77 bits per heavy atom. The van der Waals surface area contributed by atoms with Crippen LogP contribution in [0.5, 0.6) is 0 Å². The first kappa shape index (κ1) is 11.1. The van der Waals surface area contributed by atoms with Crippen LogP contribution < -0.4 is 4.72 Å². The molecule has 0 aromatic rings. The van der Waals surface area contributed by atoms with Crippen molar-refractivity contribution >= 4 is 11.3 Å². The molecule has 0 aliphatic carbocycles. The smallest absolute Gasteiger partial charge is 0.0594 e. The maximum Gasteiger partial charge on any atom is 0.0594 e. The van der Waals surface area contributed by atoms with Gasteiger partial charge in [0.15, 0.2) is 0 Å². The first-order valence-electron chi connectivity index (χ1n) is 4.42. The highest BCUT2D eigenvalue weighted by Gasteiger charge is 2.08. The molecule has 0 saturated carbocycles. The van der Waals surface area contributed by atoms with Gasteiger partial charge in [0.25, 0.3) is 0 Å². The van der Waals surface area contributed by atoms with Gasteiger partial charge in [0.1, 0.15) is 0 Å². The molecule has 78 valence electrons. The van der Waals surface area contributed by atoms with Crippen LogP contribution in [-0.4, -0.2) is 53.1 Å². The molecule has 13 heavy (non-hydrogen) atoms. The van der Waals surface area contributed by atoms with E-state index in [-0.39, 0.29) is 0 Å². The molecule has 1 fully saturated rings. The van der Waals surface area contributed by atoms with Crippen LogP contribution in [0.15, 0.2) is 0 Å². The predicted molar refractivity (Wildman–Crippen MR) is 48.8 cm³/mol. The Balaban J connectivity index is 1.95. The van der Waals surface area contributed by atoms with Crippen LogP contribution in [-0.2, 0) is 16.0 Å². The van der Waals surface area contributed by atoms with Gasteiger partial charge in [-0.15, -0.1) is 0 Å². The first-order valence-corrected chi connectivity index (χ1v) is 5.49. The van der Waals surface area contributed by atoms with E-state index in [2.05, 4.69) is 9.62 Å². The third kappa shape index (κ3) is 5.33. The fraction of sp³-hybridized carbons (Fsp3) is 1.00. The molecule has 1 atom stereocenters. The van der Waals surface area contributed by atoms with Gasteiger partial charge in [-0.25, -0.2) is 4.72 Å². The molecule has 1 rings (SSSR count). The van der Waals surface area contributed by atoms with E-state index < -0.39 is 11.3 Å². The highest BCUT2D eigenvalue weighted by Crippen LogP contribution is 1.97. The van der Waals surface area contributed by atoms with Gasteiger partial charge in [0.05, 0.1) is 13.2 Å². The van der Waals surface area contributed by atoms with Gasteiger partial charge in [-0.05, 0) is 13.0 Å². The third-order valence-electron chi connectivity index (χ3n) is 1.97. The Bertz CT molecular complexity index is 162. The zero-order chi connectivity index (χ0) is 9.52. The summed E-state index contributed by atoms with van der Waals surface area (Å²) in [7, 11) is 0. The van der Waals surface area contributed by atoms with Crippen molar-refractivity contribution in [3.63, 3.8) is 0 Å². The molecule has 5 nitrogen and oxygen atoms in total. The van der Waals surface area contributed by atoms with Gasteiger partial charge in [0, 0.05) is 30.9 Å². The summed E-state index contributed by atoms with van der Waals surface area (Å²) in [6, 6.07) is 0. The molecule has 6 heteroatoms. The third-order valence-corrected chi connectivity index (χ3v) is 2.41. The van der Waals surface area contributed by atoms with Crippen molar-refractivity contribution in [1.82, 2.24) is 9.62 Å². The van der Waals surface area contributed by atoms with Gasteiger partial charge in [-0.1, -0.05) is 0 Å². The minimum Gasteiger partial charge on any atom is -0.760 e. The normalized spacial score (nSPS) is 21.6. The fourth-order valence-electron chi connectivity index (χ4n) is 1.28. The van der Waals surface area contributed by atoms with E-state index in [4.69, 9.17) is 4.74 Å². The minimum atomic E-state index is -2.12. The SMILES string of the molecule is O=S([O-])NCCCN1CCOCC1. The molecule has 1 heterocycles. The van der Waals surface area contributed by atoms with Crippen molar-refractivity contribution in [2.75, 3.05) is 39.4 Å². The average Bonchev–Trinajstić information content (AvgIpc) is 2.14. The van der Waals surface area contributed by atoms with E-state index in [1.807, 2.05) is 0 Å². The van der Waals surface area contributed by atoms with E-state index in [9.17, 15) is 8.76 Å². The van der Waals surface area contributed by atoms with Crippen molar-refractivity contribution in [2.45, 2.75) is 6.42 Å². The zero-order valence-electron chi connectivity index (χ0n) is 7.53. The number of nitrogens with zero attached hydrogens (tertiary/aromatic N) is 1. The van der Waals surface area contributed by atoms with E-state index >= 15 is 0 Å². The van der Waals surface area contributed by atoms with Crippen molar-refractivity contribution < 1.29 is 13.5 Å². The van der Waals surface area contributed by atoms with Gasteiger partial charge in [0.2, 0.25) is 0 Å². The predicted octanol–water partition coefficient (Wildman–Crippen LogP) is -0.908. The highest BCUT2D eigenvalue weighted by atomic mass is 32.2. The topological polar surface area (TPSA) is 64.6 Å². The zero-order valence-corrected chi connectivity index (χ0v) is 8.35. The fourth-order valence-corrected chi connectivity index (χ4v) is 1.59. The molecule has 0 radical (unpaired) electrons. The molecule has 0 spiro atoms. The number of hydrogen-bond donors (Lipinski definition) is 1. The average molecular weight is 207 g/mol. The van der Waals surface area contributed by atoms with E-state index in [1.165, 1.54) is 0 Å².